The van der Waals surface area contributed by atoms with Crippen molar-refractivity contribution in [2.45, 2.75) is 19.6 Å². The highest BCUT2D eigenvalue weighted by atomic mass is 32.1. The van der Waals surface area contributed by atoms with Gasteiger partial charge in [0.2, 0.25) is 0 Å². The summed E-state index contributed by atoms with van der Waals surface area (Å²) in [5.41, 5.74) is 2.34. The van der Waals surface area contributed by atoms with Crippen LogP contribution in [-0.2, 0) is 11.3 Å². The zero-order chi connectivity index (χ0) is 16.5. The van der Waals surface area contributed by atoms with Crippen LogP contribution in [-0.4, -0.2) is 54.6 Å². The van der Waals surface area contributed by atoms with Gasteiger partial charge in [-0.15, -0.1) is 11.3 Å². The van der Waals surface area contributed by atoms with E-state index >= 15 is 0 Å². The van der Waals surface area contributed by atoms with E-state index in [9.17, 15) is 4.79 Å². The molecular weight excluding hydrogens is 324 g/mol. The van der Waals surface area contributed by atoms with E-state index in [0.29, 0.717) is 12.5 Å². The predicted octanol–water partition coefficient (Wildman–Crippen LogP) is 2.62. The number of likely N-dealkylation sites (tertiary alicyclic amines) is 1. The number of carbonyl (C=O) groups is 1. The van der Waals surface area contributed by atoms with Gasteiger partial charge in [0.25, 0.3) is 5.91 Å². The number of aryl methyl sites for hydroxylation is 1. The van der Waals surface area contributed by atoms with E-state index in [-0.39, 0.29) is 12.0 Å². The van der Waals surface area contributed by atoms with Gasteiger partial charge in [0.15, 0.2) is 0 Å². The summed E-state index contributed by atoms with van der Waals surface area (Å²) < 4.78 is 11.2. The van der Waals surface area contributed by atoms with Gasteiger partial charge in [0, 0.05) is 44.2 Å². The fraction of sp³-hybridized carbons (Fsp3) is 0.500. The van der Waals surface area contributed by atoms with Gasteiger partial charge in [-0.1, -0.05) is 0 Å². The smallest absolute Gasteiger partial charge is 0.264 e. The molecule has 0 radical (unpaired) electrons. The molecular formula is C18H22N2O3S. The van der Waals surface area contributed by atoms with Crippen LogP contribution in [0.3, 0.4) is 0 Å². The van der Waals surface area contributed by atoms with E-state index in [1.807, 2.05) is 29.3 Å². The van der Waals surface area contributed by atoms with Crippen LogP contribution < -0.4 is 0 Å². The van der Waals surface area contributed by atoms with Gasteiger partial charge >= 0.3 is 0 Å². The molecule has 0 unspecified atom stereocenters. The van der Waals surface area contributed by atoms with Crippen molar-refractivity contribution in [3.63, 3.8) is 0 Å². The van der Waals surface area contributed by atoms with E-state index in [2.05, 4.69) is 4.90 Å². The average molecular weight is 346 g/mol. The first-order valence-electron chi connectivity index (χ1n) is 8.38. The lowest BCUT2D eigenvalue weighted by atomic mass is 10.1. The molecule has 2 aliphatic heterocycles. The molecule has 0 aliphatic carbocycles. The third-order valence-electron chi connectivity index (χ3n) is 4.83. The quantitative estimate of drug-likeness (QED) is 0.857. The van der Waals surface area contributed by atoms with Crippen molar-refractivity contribution in [3.05, 3.63) is 46.0 Å². The molecule has 2 atom stereocenters. The van der Waals surface area contributed by atoms with Gasteiger partial charge < -0.3 is 14.1 Å². The topological polar surface area (TPSA) is 45.9 Å². The van der Waals surface area contributed by atoms with Gasteiger partial charge in [0.05, 0.1) is 30.1 Å². The zero-order valence-electron chi connectivity index (χ0n) is 13.8. The SMILES string of the molecule is Cc1csc(C(=O)N2C[C@@H]3CN(Cc4ccoc4)CCO[C@@H]3C2)c1. The van der Waals surface area contributed by atoms with Crippen molar-refractivity contribution in [1.82, 2.24) is 9.80 Å². The van der Waals surface area contributed by atoms with Gasteiger partial charge in [0.1, 0.15) is 0 Å². The van der Waals surface area contributed by atoms with E-state index in [0.717, 1.165) is 43.2 Å². The molecule has 24 heavy (non-hydrogen) atoms. The van der Waals surface area contributed by atoms with Crippen LogP contribution in [0.5, 0.6) is 0 Å². The Kier molecular flexibility index (Phi) is 4.43. The Bertz CT molecular complexity index is 697. The summed E-state index contributed by atoms with van der Waals surface area (Å²) in [6.45, 7) is 7.00. The maximum absolute atomic E-state index is 12.7. The van der Waals surface area contributed by atoms with Crippen molar-refractivity contribution < 1.29 is 13.9 Å². The molecule has 2 aromatic heterocycles. The van der Waals surface area contributed by atoms with E-state index < -0.39 is 0 Å². The molecule has 4 rings (SSSR count). The lowest BCUT2D eigenvalue weighted by molar-refractivity contribution is 0.0484. The van der Waals surface area contributed by atoms with Crippen LogP contribution in [0.15, 0.2) is 34.5 Å². The maximum atomic E-state index is 12.7. The fourth-order valence-electron chi connectivity index (χ4n) is 3.61. The first-order valence-corrected chi connectivity index (χ1v) is 9.26. The first kappa shape index (κ1) is 15.9. The van der Waals surface area contributed by atoms with E-state index in [1.54, 1.807) is 12.5 Å². The molecule has 0 spiro atoms. The number of fused-ring (bicyclic) bond motifs is 1. The molecule has 0 aromatic carbocycles. The normalized spacial score (nSPS) is 24.8. The first-order chi connectivity index (χ1) is 11.7. The molecule has 6 heteroatoms. The zero-order valence-corrected chi connectivity index (χ0v) is 14.6. The molecule has 2 aliphatic rings. The Morgan fingerprint density at radius 3 is 3.04 bits per heavy atom. The summed E-state index contributed by atoms with van der Waals surface area (Å²) in [5.74, 6) is 0.524. The maximum Gasteiger partial charge on any atom is 0.264 e. The van der Waals surface area contributed by atoms with Gasteiger partial charge in [-0.05, 0) is 30.0 Å². The van der Waals surface area contributed by atoms with Crippen LogP contribution in [0.1, 0.15) is 20.8 Å². The molecule has 0 saturated carbocycles. The van der Waals surface area contributed by atoms with Crippen LogP contribution in [0.4, 0.5) is 0 Å². The van der Waals surface area contributed by atoms with Gasteiger partial charge in [-0.25, -0.2) is 0 Å². The highest BCUT2D eigenvalue weighted by Gasteiger charge is 2.38. The van der Waals surface area contributed by atoms with Crippen molar-refractivity contribution in [3.8, 4) is 0 Å². The lowest BCUT2D eigenvalue weighted by Gasteiger charge is -2.22. The number of rotatable bonds is 3. The van der Waals surface area contributed by atoms with E-state index in [4.69, 9.17) is 9.15 Å². The van der Waals surface area contributed by atoms with Crippen molar-refractivity contribution in [2.75, 3.05) is 32.8 Å². The number of hydrogen-bond donors (Lipinski definition) is 0. The average Bonchev–Trinajstić information content (AvgIpc) is 3.28. The number of ether oxygens (including phenoxy) is 1. The molecule has 2 saturated heterocycles. The van der Waals surface area contributed by atoms with Gasteiger partial charge in [-0.3, -0.25) is 9.69 Å². The number of furan rings is 1. The molecule has 0 bridgehead atoms. The Morgan fingerprint density at radius 2 is 2.29 bits per heavy atom. The summed E-state index contributed by atoms with van der Waals surface area (Å²) in [4.78, 5) is 17.9. The minimum Gasteiger partial charge on any atom is -0.472 e. The van der Waals surface area contributed by atoms with Gasteiger partial charge in [-0.2, -0.15) is 0 Å². The number of carbonyl (C=O) groups excluding carboxylic acids is 1. The van der Waals surface area contributed by atoms with Crippen LogP contribution >= 0.6 is 11.3 Å². The second-order valence-electron chi connectivity index (χ2n) is 6.73. The standard InChI is InChI=1S/C18H22N2O3S/c1-13-6-17(24-12-13)18(21)20-9-15-8-19(3-5-23-16(15)10-20)7-14-2-4-22-11-14/h2,4,6,11-12,15-16H,3,5,7-10H2,1H3/t15-,16+/m0/s1. The minimum atomic E-state index is 0.145. The highest BCUT2D eigenvalue weighted by Crippen LogP contribution is 2.27. The molecule has 5 nitrogen and oxygen atoms in total. The molecule has 2 aromatic rings. The minimum absolute atomic E-state index is 0.145. The third kappa shape index (κ3) is 3.27. The number of amides is 1. The third-order valence-corrected chi connectivity index (χ3v) is 5.86. The van der Waals surface area contributed by atoms with Crippen LogP contribution in [0.2, 0.25) is 0 Å². The van der Waals surface area contributed by atoms with Crippen molar-refractivity contribution >= 4 is 17.2 Å². The Morgan fingerprint density at radius 1 is 1.38 bits per heavy atom. The summed E-state index contributed by atoms with van der Waals surface area (Å²) in [7, 11) is 0. The summed E-state index contributed by atoms with van der Waals surface area (Å²) in [6, 6.07) is 3.99. The molecule has 0 N–H and O–H groups in total. The molecule has 128 valence electrons. The van der Waals surface area contributed by atoms with Crippen molar-refractivity contribution in [1.29, 1.82) is 0 Å². The fourth-order valence-corrected chi connectivity index (χ4v) is 4.48. The summed E-state index contributed by atoms with van der Waals surface area (Å²) in [6.07, 6.45) is 3.67. The molecule has 2 fully saturated rings. The number of thiophene rings is 1. The monoisotopic (exact) mass is 346 g/mol. The van der Waals surface area contributed by atoms with Crippen LogP contribution in [0, 0.1) is 12.8 Å². The largest absolute Gasteiger partial charge is 0.472 e. The summed E-state index contributed by atoms with van der Waals surface area (Å²) >= 11 is 1.53. The summed E-state index contributed by atoms with van der Waals surface area (Å²) in [5, 5.41) is 2.03. The van der Waals surface area contributed by atoms with Crippen LogP contribution in [0.25, 0.3) is 0 Å². The van der Waals surface area contributed by atoms with E-state index in [1.165, 1.54) is 16.9 Å². The Hall–Kier alpha value is -1.63. The Labute approximate surface area is 145 Å². The lowest BCUT2D eigenvalue weighted by Crippen LogP contribution is -2.33. The van der Waals surface area contributed by atoms with Crippen molar-refractivity contribution in [2.24, 2.45) is 5.92 Å². The Balaban J connectivity index is 1.41. The molecule has 4 heterocycles. The second kappa shape index (κ2) is 6.70. The molecule has 1 amide bonds. The number of hydrogen-bond acceptors (Lipinski definition) is 5. The second-order valence-corrected chi connectivity index (χ2v) is 7.65. The number of nitrogens with zero attached hydrogens (tertiary/aromatic N) is 2. The highest BCUT2D eigenvalue weighted by molar-refractivity contribution is 7.12. The predicted molar refractivity (Wildman–Crippen MR) is 92.2 cm³/mol.